The number of unbranched alkanes of at least 4 members (excludes halogenated alkanes) is 23. The Labute approximate surface area is 642 Å². The summed E-state index contributed by atoms with van der Waals surface area (Å²) in [5.74, 6) is -2.32. The summed E-state index contributed by atoms with van der Waals surface area (Å²) in [6.45, 7) is 4.41. The highest BCUT2D eigenvalue weighted by Crippen LogP contribution is 2.45. The van der Waals surface area contributed by atoms with E-state index in [-0.39, 0.29) is 25.7 Å². The van der Waals surface area contributed by atoms with E-state index in [2.05, 4.69) is 161 Å². The number of ether oxygens (including phenoxy) is 4. The van der Waals surface area contributed by atoms with Gasteiger partial charge in [0.1, 0.15) is 19.3 Å². The number of aliphatic hydroxyl groups is 1. The lowest BCUT2D eigenvalue weighted by molar-refractivity contribution is -0.161. The van der Waals surface area contributed by atoms with Crippen LogP contribution in [0, 0.1) is 0 Å². The summed E-state index contributed by atoms with van der Waals surface area (Å²) < 4.78 is 68.6. The molecule has 0 fully saturated rings. The van der Waals surface area contributed by atoms with Gasteiger partial charge in [-0.3, -0.25) is 37.3 Å². The van der Waals surface area contributed by atoms with E-state index in [1.54, 1.807) is 0 Å². The van der Waals surface area contributed by atoms with Crippen molar-refractivity contribution in [1.29, 1.82) is 0 Å². The summed E-state index contributed by atoms with van der Waals surface area (Å²) in [5, 5.41) is 10.7. The fraction of sp³-hybridized carbons (Fsp3) is 0.655. The summed E-state index contributed by atoms with van der Waals surface area (Å²) in [6.07, 6.45) is 90.9. The maximum atomic E-state index is 13.1. The minimum absolute atomic E-state index is 0.000503. The predicted molar refractivity (Wildman–Crippen MR) is 436 cm³/mol. The summed E-state index contributed by atoms with van der Waals surface area (Å²) in [5.41, 5.74) is 0. The van der Waals surface area contributed by atoms with Crippen molar-refractivity contribution in [3.05, 3.63) is 158 Å². The molecular weight excluding hydrogens is 1380 g/mol. The number of phosphoric ester groups is 2. The van der Waals surface area contributed by atoms with Crippen LogP contribution in [0.15, 0.2) is 158 Å². The number of hydrogen-bond donors (Lipinski definition) is 3. The van der Waals surface area contributed by atoms with E-state index in [4.69, 9.17) is 37.0 Å². The monoisotopic (exact) mass is 1520 g/mol. The number of aliphatic hydroxyl groups excluding tert-OH is 1. The molecule has 0 aliphatic rings. The average molecular weight is 1520 g/mol. The van der Waals surface area contributed by atoms with Crippen LogP contribution in [0.4, 0.5) is 0 Å². The molecule has 0 aliphatic carbocycles. The van der Waals surface area contributed by atoms with Crippen LogP contribution in [0.1, 0.15) is 310 Å². The molecule has 17 nitrogen and oxygen atoms in total. The highest BCUT2D eigenvalue weighted by Gasteiger charge is 2.30. The van der Waals surface area contributed by atoms with Crippen LogP contribution in [-0.4, -0.2) is 96.7 Å². The molecule has 0 aromatic rings. The maximum absolute atomic E-state index is 13.1. The molecule has 0 radical (unpaired) electrons. The van der Waals surface area contributed by atoms with Crippen molar-refractivity contribution in [2.24, 2.45) is 0 Å². The minimum atomic E-state index is -5.01. The van der Waals surface area contributed by atoms with E-state index in [1.165, 1.54) is 64.2 Å². The topological polar surface area (TPSA) is 237 Å². The largest absolute Gasteiger partial charge is 0.472 e. The van der Waals surface area contributed by atoms with Crippen molar-refractivity contribution in [3.8, 4) is 0 Å². The van der Waals surface area contributed by atoms with Crippen molar-refractivity contribution in [3.63, 3.8) is 0 Å². The number of hydrogen-bond acceptors (Lipinski definition) is 15. The molecule has 19 heteroatoms. The van der Waals surface area contributed by atoms with Gasteiger partial charge in [-0.2, -0.15) is 0 Å². The smallest absolute Gasteiger partial charge is 0.462 e. The Bertz CT molecular complexity index is 2630. The Balaban J connectivity index is 5.48. The van der Waals surface area contributed by atoms with E-state index >= 15 is 0 Å². The second kappa shape index (κ2) is 77.8. The zero-order valence-corrected chi connectivity index (χ0v) is 67.8. The van der Waals surface area contributed by atoms with Gasteiger partial charge in [-0.1, -0.05) is 308 Å². The second-order valence-corrected chi connectivity index (χ2v) is 29.5. The zero-order chi connectivity index (χ0) is 77.4. The molecular formula is C87H144O17P2. The number of rotatable bonds is 75. The summed E-state index contributed by atoms with van der Waals surface area (Å²) in [7, 11) is -10.0. The van der Waals surface area contributed by atoms with Gasteiger partial charge in [-0.25, -0.2) is 9.13 Å². The molecule has 0 saturated heterocycles. The Kier molecular flexibility index (Phi) is 73.9. The Hall–Kier alpha value is -5.32. The molecule has 5 atom stereocenters. The van der Waals surface area contributed by atoms with Gasteiger partial charge in [0, 0.05) is 25.7 Å². The SMILES string of the molecule is CC/C=C\C/C=C\C/C=C\C/C=C\C/C=C\CCCC(=O)OCC(COP(=O)(O)OCC(O)COP(=O)(O)OCC(COC(=O)CCCCCCCCC/C=C\C/C=C\C/C=C\CC)OC(=O)CCCCCCCCCCCCCCCCC)OC(=O)CCC/C=C\C/C=C\C/C=C\C/C=C\C/C=C\CC. The fourth-order valence-corrected chi connectivity index (χ4v) is 12.0. The molecule has 5 unspecified atom stereocenters. The normalized spacial score (nSPS) is 14.7. The zero-order valence-electron chi connectivity index (χ0n) is 66.1. The Morgan fingerprint density at radius 3 is 0.802 bits per heavy atom. The summed E-state index contributed by atoms with van der Waals surface area (Å²) in [6, 6.07) is 0. The molecule has 0 rings (SSSR count). The van der Waals surface area contributed by atoms with Crippen molar-refractivity contribution in [2.45, 2.75) is 329 Å². The first kappa shape index (κ1) is 101. The van der Waals surface area contributed by atoms with Crippen LogP contribution in [-0.2, 0) is 65.4 Å². The Morgan fingerprint density at radius 1 is 0.274 bits per heavy atom. The van der Waals surface area contributed by atoms with Gasteiger partial charge >= 0.3 is 39.5 Å². The lowest BCUT2D eigenvalue weighted by Gasteiger charge is -2.21. The van der Waals surface area contributed by atoms with Gasteiger partial charge in [0.15, 0.2) is 12.2 Å². The fourth-order valence-electron chi connectivity index (χ4n) is 10.4. The predicted octanol–water partition coefficient (Wildman–Crippen LogP) is 24.0. The third-order valence-corrected chi connectivity index (χ3v) is 18.4. The van der Waals surface area contributed by atoms with Crippen LogP contribution in [0.25, 0.3) is 0 Å². The highest BCUT2D eigenvalue weighted by atomic mass is 31.2. The standard InChI is InChI=1S/C87H144O17P2/c1-5-9-13-17-21-25-29-33-37-40-44-47-51-55-59-63-67-71-84(89)97-77-82(103-86(91)73-69-65-61-57-53-49-43-36-32-28-24-20-16-12-8-4)79-101-105(93,94)99-75-81(88)76-100-106(95,96)102-80-83(104-87(92)74-70-66-62-58-54-50-46-42-39-35-31-27-23-19-15-11-7-3)78-98-85(90)72-68-64-60-56-52-48-45-41-38-34-30-26-22-18-14-10-6-2/h9-11,13-15,21-23,25-27,33-35,37-39,45-46,48,50,56,58,60,62,81-83,88H,5-8,12,16-20,24,28-32,36,40-44,47,49,51-55,57,59,61,63-80H2,1-4H3,(H,93,94)(H,95,96)/b13-9-,14-10-,15-11-,25-21-,26-22-,27-23-,37-33-,38-34-,39-35-,48-45-,50-46-,60-56-,62-58-. The third-order valence-electron chi connectivity index (χ3n) is 16.5. The van der Waals surface area contributed by atoms with E-state index in [9.17, 15) is 43.2 Å². The molecule has 3 N–H and O–H groups in total. The number of carbonyl (C=O) groups is 4. The molecule has 0 aromatic heterocycles. The summed E-state index contributed by atoms with van der Waals surface area (Å²) in [4.78, 5) is 73.1. The van der Waals surface area contributed by atoms with E-state index in [0.29, 0.717) is 38.5 Å². The van der Waals surface area contributed by atoms with Gasteiger partial charge in [0.05, 0.1) is 26.4 Å². The van der Waals surface area contributed by atoms with Gasteiger partial charge in [-0.05, 0) is 135 Å². The molecule has 0 amide bonds. The molecule has 0 saturated carbocycles. The first-order valence-electron chi connectivity index (χ1n) is 40.7. The van der Waals surface area contributed by atoms with Crippen molar-refractivity contribution in [1.82, 2.24) is 0 Å². The van der Waals surface area contributed by atoms with Gasteiger partial charge in [-0.15, -0.1) is 0 Å². The molecule has 0 aromatic carbocycles. The average Bonchev–Trinajstić information content (AvgIpc) is 0.902. The van der Waals surface area contributed by atoms with Gasteiger partial charge < -0.3 is 33.8 Å². The maximum Gasteiger partial charge on any atom is 0.472 e. The number of esters is 4. The van der Waals surface area contributed by atoms with Crippen molar-refractivity contribution in [2.75, 3.05) is 39.6 Å². The van der Waals surface area contributed by atoms with E-state index in [0.717, 1.165) is 154 Å². The Morgan fingerprint density at radius 2 is 0.500 bits per heavy atom. The highest BCUT2D eigenvalue weighted by molar-refractivity contribution is 7.47. The molecule has 106 heavy (non-hydrogen) atoms. The van der Waals surface area contributed by atoms with Crippen molar-refractivity contribution >= 4 is 39.5 Å². The van der Waals surface area contributed by atoms with Crippen molar-refractivity contribution < 1.29 is 80.2 Å². The molecule has 0 heterocycles. The number of carbonyl (C=O) groups excluding carboxylic acids is 4. The quantitative estimate of drug-likeness (QED) is 0.0169. The number of phosphoric acid groups is 2. The number of allylic oxidation sites excluding steroid dienone is 26. The third kappa shape index (κ3) is 76.9. The summed E-state index contributed by atoms with van der Waals surface area (Å²) >= 11 is 0. The van der Waals surface area contributed by atoms with Crippen LogP contribution >= 0.6 is 15.6 Å². The van der Waals surface area contributed by atoms with E-state index < -0.39 is 97.5 Å². The van der Waals surface area contributed by atoms with Gasteiger partial charge in [0.2, 0.25) is 0 Å². The molecule has 0 bridgehead atoms. The first-order chi connectivity index (χ1) is 51.7. The molecule has 0 aliphatic heterocycles. The minimum Gasteiger partial charge on any atom is -0.462 e. The lowest BCUT2D eigenvalue weighted by atomic mass is 10.0. The molecule has 604 valence electrons. The lowest BCUT2D eigenvalue weighted by Crippen LogP contribution is -2.30. The van der Waals surface area contributed by atoms with Crippen LogP contribution in [0.5, 0.6) is 0 Å². The van der Waals surface area contributed by atoms with Crippen LogP contribution in [0.2, 0.25) is 0 Å². The van der Waals surface area contributed by atoms with Crippen LogP contribution in [0.3, 0.4) is 0 Å². The second-order valence-electron chi connectivity index (χ2n) is 26.6. The molecule has 0 spiro atoms. The van der Waals surface area contributed by atoms with Crippen LogP contribution < -0.4 is 0 Å². The van der Waals surface area contributed by atoms with Gasteiger partial charge in [0.25, 0.3) is 0 Å². The first-order valence-corrected chi connectivity index (χ1v) is 43.7. The van der Waals surface area contributed by atoms with E-state index in [1.807, 2.05) is 24.3 Å².